The summed E-state index contributed by atoms with van der Waals surface area (Å²) in [5.74, 6) is -1.77. The van der Waals surface area contributed by atoms with Crippen LogP contribution in [0.5, 0.6) is 0 Å². The van der Waals surface area contributed by atoms with Crippen LogP contribution in [0.4, 0.5) is 0 Å². The summed E-state index contributed by atoms with van der Waals surface area (Å²) in [4.78, 5) is 40.8. The molecule has 4 rings (SSSR count). The van der Waals surface area contributed by atoms with Gasteiger partial charge in [0.1, 0.15) is 0 Å². The van der Waals surface area contributed by atoms with E-state index in [0.29, 0.717) is 0 Å². The van der Waals surface area contributed by atoms with Gasteiger partial charge in [-0.3, -0.25) is 19.3 Å². The lowest BCUT2D eigenvalue weighted by Crippen LogP contribution is -2.29. The van der Waals surface area contributed by atoms with Crippen molar-refractivity contribution in [3.63, 3.8) is 0 Å². The molecular weight excluding hydrogens is 402 g/mol. The van der Waals surface area contributed by atoms with E-state index in [9.17, 15) is 14.4 Å². The summed E-state index contributed by atoms with van der Waals surface area (Å²) in [6, 6.07) is 10.9. The Labute approximate surface area is 180 Å². The summed E-state index contributed by atoms with van der Waals surface area (Å²) in [7, 11) is 4.16. The second kappa shape index (κ2) is 7.52. The first-order valence-corrected chi connectivity index (χ1v) is 10.3. The Morgan fingerprint density at radius 2 is 1.80 bits per heavy atom. The Balaban J connectivity index is 1.54. The maximum Gasteiger partial charge on any atom is 0.262 e. The Hall–Kier alpha value is -2.70. The molecule has 0 aromatic heterocycles. The third-order valence-corrected chi connectivity index (χ3v) is 6.32. The standard InChI is InChI=1S/C23H24ClN3O3/c1-26(2)10-9-23(7-8-23)15-5-3-14(4-6-15)13-27-21(29)18-12-16(24)11-17(20(25)28)19(18)22(27)30/h3-6,11-12H,7-10,13H2,1-2H3,(H2,25,28). The Bertz CT molecular complexity index is 1040. The van der Waals surface area contributed by atoms with E-state index in [0.717, 1.165) is 23.4 Å². The summed E-state index contributed by atoms with van der Waals surface area (Å²) in [6.07, 6.45) is 3.50. The fraction of sp³-hybridized carbons (Fsp3) is 0.348. The summed E-state index contributed by atoms with van der Waals surface area (Å²) in [5.41, 5.74) is 7.93. The smallest absolute Gasteiger partial charge is 0.262 e. The first-order valence-electron chi connectivity index (χ1n) is 9.95. The monoisotopic (exact) mass is 425 g/mol. The van der Waals surface area contributed by atoms with Crippen LogP contribution in [-0.4, -0.2) is 48.2 Å². The molecular formula is C23H24ClN3O3. The Morgan fingerprint density at radius 3 is 2.37 bits per heavy atom. The number of primary amides is 1. The fourth-order valence-electron chi connectivity index (χ4n) is 4.13. The molecule has 156 valence electrons. The van der Waals surface area contributed by atoms with Crippen molar-refractivity contribution in [1.29, 1.82) is 0 Å². The predicted molar refractivity (Wildman–Crippen MR) is 115 cm³/mol. The molecule has 6 nitrogen and oxygen atoms in total. The van der Waals surface area contributed by atoms with Crippen molar-refractivity contribution in [2.24, 2.45) is 5.73 Å². The number of carbonyl (C=O) groups is 3. The van der Waals surface area contributed by atoms with Gasteiger partial charge in [0.2, 0.25) is 5.91 Å². The molecule has 2 N–H and O–H groups in total. The first kappa shape index (κ1) is 20.6. The van der Waals surface area contributed by atoms with Crippen LogP contribution in [0.15, 0.2) is 36.4 Å². The maximum atomic E-state index is 12.9. The van der Waals surface area contributed by atoms with Crippen LogP contribution < -0.4 is 5.73 Å². The average Bonchev–Trinajstić information content (AvgIpc) is 3.46. The van der Waals surface area contributed by atoms with E-state index in [2.05, 4.69) is 31.1 Å². The van der Waals surface area contributed by atoms with Gasteiger partial charge in [-0.15, -0.1) is 0 Å². The molecule has 1 fully saturated rings. The molecule has 0 spiro atoms. The van der Waals surface area contributed by atoms with Gasteiger partial charge in [0.25, 0.3) is 11.8 Å². The van der Waals surface area contributed by atoms with Gasteiger partial charge in [-0.25, -0.2) is 0 Å². The quantitative estimate of drug-likeness (QED) is 0.690. The van der Waals surface area contributed by atoms with Crippen LogP contribution in [0.3, 0.4) is 0 Å². The van der Waals surface area contributed by atoms with Crippen molar-refractivity contribution in [3.8, 4) is 0 Å². The zero-order chi connectivity index (χ0) is 21.6. The van der Waals surface area contributed by atoms with Gasteiger partial charge in [0, 0.05) is 5.02 Å². The summed E-state index contributed by atoms with van der Waals surface area (Å²) < 4.78 is 0. The van der Waals surface area contributed by atoms with E-state index >= 15 is 0 Å². The van der Waals surface area contributed by atoms with Crippen LogP contribution in [0.1, 0.15) is 61.5 Å². The lowest BCUT2D eigenvalue weighted by molar-refractivity contribution is 0.0640. The number of hydrogen-bond acceptors (Lipinski definition) is 4. The number of halogens is 1. The predicted octanol–water partition coefficient (Wildman–Crippen LogP) is 3.22. The van der Waals surface area contributed by atoms with Crippen LogP contribution in [-0.2, 0) is 12.0 Å². The second-order valence-corrected chi connectivity index (χ2v) is 8.90. The van der Waals surface area contributed by atoms with Gasteiger partial charge < -0.3 is 10.6 Å². The molecule has 0 atom stereocenters. The number of hydrogen-bond donors (Lipinski definition) is 1. The minimum absolute atomic E-state index is 0.0229. The number of amides is 3. The fourth-order valence-corrected chi connectivity index (χ4v) is 4.35. The number of fused-ring (bicyclic) bond motifs is 1. The van der Waals surface area contributed by atoms with E-state index in [1.807, 2.05) is 12.1 Å². The molecule has 0 saturated heterocycles. The molecule has 2 aliphatic rings. The van der Waals surface area contributed by atoms with Crippen molar-refractivity contribution < 1.29 is 14.4 Å². The average molecular weight is 426 g/mol. The highest BCUT2D eigenvalue weighted by atomic mass is 35.5. The SMILES string of the molecule is CN(C)CCC1(c2ccc(CN3C(=O)c4cc(Cl)cc(C(N)=O)c4C3=O)cc2)CC1. The molecule has 1 heterocycles. The highest BCUT2D eigenvalue weighted by Gasteiger charge is 2.43. The zero-order valence-electron chi connectivity index (χ0n) is 17.1. The molecule has 1 aliphatic heterocycles. The number of carbonyl (C=O) groups excluding carboxylic acids is 3. The highest BCUT2D eigenvalue weighted by molar-refractivity contribution is 6.33. The summed E-state index contributed by atoms with van der Waals surface area (Å²) >= 11 is 6.01. The van der Waals surface area contributed by atoms with Gasteiger partial charge in [0.15, 0.2) is 0 Å². The van der Waals surface area contributed by atoms with E-state index in [4.69, 9.17) is 17.3 Å². The minimum atomic E-state index is -0.784. The number of benzene rings is 2. The lowest BCUT2D eigenvalue weighted by Gasteiger charge is -2.19. The third kappa shape index (κ3) is 3.61. The van der Waals surface area contributed by atoms with E-state index in [1.165, 1.54) is 30.5 Å². The lowest BCUT2D eigenvalue weighted by atomic mass is 9.91. The first-order chi connectivity index (χ1) is 14.2. The molecule has 0 radical (unpaired) electrons. The number of nitrogens with zero attached hydrogens (tertiary/aromatic N) is 2. The number of rotatable bonds is 7. The molecule has 0 unspecified atom stereocenters. The van der Waals surface area contributed by atoms with Crippen LogP contribution in [0.2, 0.25) is 5.02 Å². The minimum Gasteiger partial charge on any atom is -0.366 e. The van der Waals surface area contributed by atoms with Crippen molar-refractivity contribution in [3.05, 3.63) is 69.2 Å². The van der Waals surface area contributed by atoms with Gasteiger partial charge >= 0.3 is 0 Å². The molecule has 0 bridgehead atoms. The maximum absolute atomic E-state index is 12.9. The van der Waals surface area contributed by atoms with Crippen molar-refractivity contribution in [2.75, 3.05) is 20.6 Å². The highest BCUT2D eigenvalue weighted by Crippen LogP contribution is 2.51. The second-order valence-electron chi connectivity index (χ2n) is 8.47. The van der Waals surface area contributed by atoms with Crippen molar-refractivity contribution >= 4 is 29.3 Å². The van der Waals surface area contributed by atoms with Gasteiger partial charge in [-0.2, -0.15) is 0 Å². The molecule has 1 saturated carbocycles. The van der Waals surface area contributed by atoms with Gasteiger partial charge in [-0.1, -0.05) is 35.9 Å². The van der Waals surface area contributed by atoms with Gasteiger partial charge in [0.05, 0.1) is 23.2 Å². The molecule has 1 aliphatic carbocycles. The molecule has 7 heteroatoms. The van der Waals surface area contributed by atoms with Crippen molar-refractivity contribution in [1.82, 2.24) is 9.80 Å². The van der Waals surface area contributed by atoms with E-state index < -0.39 is 17.7 Å². The normalized spacial score (nSPS) is 16.9. The van der Waals surface area contributed by atoms with Crippen LogP contribution in [0.25, 0.3) is 0 Å². The number of imide groups is 1. The molecule has 3 amide bonds. The molecule has 30 heavy (non-hydrogen) atoms. The van der Waals surface area contributed by atoms with Crippen molar-refractivity contribution in [2.45, 2.75) is 31.2 Å². The summed E-state index contributed by atoms with van der Waals surface area (Å²) in [5, 5.41) is 0.197. The van der Waals surface area contributed by atoms with E-state index in [1.54, 1.807) is 0 Å². The van der Waals surface area contributed by atoms with E-state index in [-0.39, 0.29) is 33.7 Å². The Morgan fingerprint density at radius 1 is 1.13 bits per heavy atom. The van der Waals surface area contributed by atoms with Gasteiger partial charge in [-0.05, 0) is 68.6 Å². The molecule has 2 aromatic rings. The molecule has 2 aromatic carbocycles. The summed E-state index contributed by atoms with van der Waals surface area (Å²) in [6.45, 7) is 1.18. The third-order valence-electron chi connectivity index (χ3n) is 6.10. The Kier molecular flexibility index (Phi) is 5.16. The topological polar surface area (TPSA) is 83.7 Å². The largest absolute Gasteiger partial charge is 0.366 e. The number of nitrogens with two attached hydrogens (primary N) is 1. The van der Waals surface area contributed by atoms with Crippen LogP contribution >= 0.6 is 11.6 Å². The van der Waals surface area contributed by atoms with Crippen LogP contribution in [0, 0.1) is 0 Å². The zero-order valence-corrected chi connectivity index (χ0v) is 17.8.